The van der Waals surface area contributed by atoms with Crippen molar-refractivity contribution in [2.24, 2.45) is 17.0 Å². The van der Waals surface area contributed by atoms with Crippen LogP contribution in [0.25, 0.3) is 10.4 Å². The van der Waals surface area contributed by atoms with Gasteiger partial charge < -0.3 is 27.6 Å². The average Bonchev–Trinajstić information content (AvgIpc) is 2.87. The molecule has 0 aliphatic carbocycles. The Hall–Kier alpha value is -0.680. The van der Waals surface area contributed by atoms with Gasteiger partial charge in [0.25, 0.3) is 0 Å². The number of carbonyl (C=O) groups is 1. The highest BCUT2D eigenvalue weighted by Crippen LogP contribution is 2.61. The molecule has 0 aromatic heterocycles. The summed E-state index contributed by atoms with van der Waals surface area (Å²) in [6, 6.07) is 0. The zero-order valence-electron chi connectivity index (χ0n) is 22.0. The first-order valence-corrected chi connectivity index (χ1v) is 15.9. The summed E-state index contributed by atoms with van der Waals surface area (Å²) in [5, 5.41) is 3.39. The molecule has 0 spiro atoms. The van der Waals surface area contributed by atoms with Gasteiger partial charge in [-0.2, -0.15) is 0 Å². The van der Waals surface area contributed by atoms with Gasteiger partial charge in [0.05, 0.1) is 24.8 Å². The van der Waals surface area contributed by atoms with E-state index in [0.29, 0.717) is 25.9 Å². The minimum absolute atomic E-state index is 0.138. The Morgan fingerprint density at radius 1 is 1.03 bits per heavy atom. The second kappa shape index (κ2) is 18.6. The maximum Gasteiger partial charge on any atom is 0.343 e. The minimum atomic E-state index is -3.59. The van der Waals surface area contributed by atoms with E-state index in [4.69, 9.17) is 45.3 Å². The second-order valence-corrected chi connectivity index (χ2v) is 14.9. The normalized spacial score (nSPS) is 15.3. The molecule has 0 N–H and O–H groups in total. The molecule has 0 saturated heterocycles. The Morgan fingerprint density at radius 3 is 2.11 bits per heavy atom. The quantitative estimate of drug-likeness (QED) is 0.0312. The van der Waals surface area contributed by atoms with Crippen molar-refractivity contribution < 1.29 is 41.5 Å². The van der Waals surface area contributed by atoms with Gasteiger partial charge >= 0.3 is 21.2 Å². The van der Waals surface area contributed by atoms with Crippen molar-refractivity contribution >= 4 is 49.5 Å². The number of nitrogens with zero attached hydrogens (tertiary/aromatic N) is 3. The van der Waals surface area contributed by atoms with Crippen LogP contribution >= 0.6 is 39.2 Å². The van der Waals surface area contributed by atoms with Crippen molar-refractivity contribution in [1.29, 1.82) is 0 Å². The van der Waals surface area contributed by atoms with Gasteiger partial charge in [0.1, 0.15) is 4.99 Å². The minimum Gasteiger partial charge on any atom is -0.479 e. The van der Waals surface area contributed by atoms with Crippen molar-refractivity contribution in [3.8, 4) is 0 Å². The Bertz CT molecular complexity index is 814. The number of hydrogen-bond donors (Lipinski definition) is 0. The van der Waals surface area contributed by atoms with Crippen LogP contribution in [0.1, 0.15) is 46.5 Å². The number of thiocarbonyl (C=S) groups is 1. The predicted molar refractivity (Wildman–Crippen MR) is 144 cm³/mol. The van der Waals surface area contributed by atoms with Crippen molar-refractivity contribution in [1.82, 2.24) is 0 Å². The van der Waals surface area contributed by atoms with E-state index in [1.54, 1.807) is 13.8 Å². The lowest BCUT2D eigenvalue weighted by atomic mass is 9.96. The fraction of sp³-hybridized carbons (Fsp3) is 0.900. The fourth-order valence-corrected chi connectivity index (χ4v) is 9.34. The summed E-state index contributed by atoms with van der Waals surface area (Å²) < 4.78 is 58.5. The smallest absolute Gasteiger partial charge is 0.343 e. The van der Waals surface area contributed by atoms with Gasteiger partial charge in [-0.25, -0.2) is 0 Å². The molecular formula is C20H39N3O9P2S2. The molecule has 0 amide bonds. The molecule has 0 radical (unpaired) electrons. The van der Waals surface area contributed by atoms with E-state index >= 15 is 0 Å². The molecule has 0 aromatic carbocycles. The lowest BCUT2D eigenvalue weighted by Gasteiger charge is -2.33. The molecule has 0 aliphatic heterocycles. The van der Waals surface area contributed by atoms with E-state index in [2.05, 4.69) is 10.0 Å². The topological polar surface area (TPSA) is 155 Å². The van der Waals surface area contributed by atoms with Crippen molar-refractivity contribution in [2.75, 3.05) is 48.2 Å². The monoisotopic (exact) mass is 591 g/mol. The van der Waals surface area contributed by atoms with E-state index < -0.39 is 37.7 Å². The summed E-state index contributed by atoms with van der Waals surface area (Å²) in [4.78, 5) is 14.3. The van der Waals surface area contributed by atoms with Crippen LogP contribution in [0.5, 0.6) is 0 Å². The third-order valence-electron chi connectivity index (χ3n) is 5.51. The largest absolute Gasteiger partial charge is 0.479 e. The zero-order valence-corrected chi connectivity index (χ0v) is 25.4. The van der Waals surface area contributed by atoms with Crippen LogP contribution in [0, 0.1) is 11.8 Å². The molecular weight excluding hydrogens is 552 g/mol. The van der Waals surface area contributed by atoms with E-state index in [0.717, 1.165) is 11.8 Å². The number of esters is 1. The van der Waals surface area contributed by atoms with Gasteiger partial charge in [-0.1, -0.05) is 30.7 Å². The van der Waals surface area contributed by atoms with Crippen LogP contribution in [0.2, 0.25) is 0 Å². The highest BCUT2D eigenvalue weighted by molar-refractivity contribution is 8.25. The first-order valence-electron chi connectivity index (χ1n) is 11.4. The molecule has 12 nitrogen and oxygen atoms in total. The molecule has 4 atom stereocenters. The van der Waals surface area contributed by atoms with Crippen LogP contribution in [0.4, 0.5) is 0 Å². The zero-order chi connectivity index (χ0) is 27.8. The summed E-state index contributed by atoms with van der Waals surface area (Å²) in [6.07, 6.45) is 1.32. The lowest BCUT2D eigenvalue weighted by Crippen LogP contribution is -2.26. The first kappa shape index (κ1) is 35.3. The molecule has 0 saturated carbocycles. The van der Waals surface area contributed by atoms with Gasteiger partial charge in [0, 0.05) is 39.9 Å². The average molecular weight is 592 g/mol. The molecule has 0 aromatic rings. The molecule has 16 heteroatoms. The molecule has 0 bridgehead atoms. The Kier molecular flexibility index (Phi) is 18.2. The highest BCUT2D eigenvalue weighted by atomic mass is 32.2. The molecule has 3 unspecified atom stereocenters. The predicted octanol–water partition coefficient (Wildman–Crippen LogP) is 6.39. The lowest BCUT2D eigenvalue weighted by molar-refractivity contribution is -0.148. The van der Waals surface area contributed by atoms with Crippen LogP contribution in [-0.2, 0) is 41.5 Å². The van der Waals surface area contributed by atoms with Crippen LogP contribution in [0.15, 0.2) is 5.11 Å². The molecule has 0 heterocycles. The molecule has 0 rings (SSSR count). The molecule has 210 valence electrons. The van der Waals surface area contributed by atoms with E-state index in [1.165, 1.54) is 28.4 Å². The number of thioether (sulfide) groups is 1. The number of carbonyl (C=O) groups excluding carboxylic acids is 1. The van der Waals surface area contributed by atoms with E-state index in [9.17, 15) is 13.9 Å². The Morgan fingerprint density at radius 2 is 1.61 bits per heavy atom. The van der Waals surface area contributed by atoms with Crippen molar-refractivity contribution in [2.45, 2.75) is 57.1 Å². The van der Waals surface area contributed by atoms with Crippen molar-refractivity contribution in [3.05, 3.63) is 10.4 Å². The van der Waals surface area contributed by atoms with Gasteiger partial charge in [-0.05, 0) is 56.3 Å². The SMILES string of the molecule is CCOC(=S)SC(CC(C)[C@H](CCC(C)C(=O)OCCCN=[N+]=[N-])P(=O)(OC)OC)P(=O)(OC)OC. The summed E-state index contributed by atoms with van der Waals surface area (Å²) in [6.45, 7) is 6.06. The number of rotatable bonds is 19. The standard InChI is InChI=1S/C20H39N3O9P2S2/c1-8-31-20(35)36-18(34(26,29-6)30-7)14-16(3)17(33(25,27-4)28-5)11-10-15(2)19(24)32-13-9-12-22-23-21/h15-18H,8-14H2,1-7H3/t15?,16?,17-,18?/m0/s1. The second-order valence-electron chi connectivity index (χ2n) is 7.80. The number of hydrogen-bond acceptors (Lipinski definition) is 12. The highest BCUT2D eigenvalue weighted by Gasteiger charge is 2.43. The van der Waals surface area contributed by atoms with E-state index in [1.807, 2.05) is 6.92 Å². The summed E-state index contributed by atoms with van der Waals surface area (Å²) >= 11 is 6.30. The van der Waals surface area contributed by atoms with Crippen molar-refractivity contribution in [3.63, 3.8) is 0 Å². The summed E-state index contributed by atoms with van der Waals surface area (Å²) in [5.74, 6) is -1.25. The van der Waals surface area contributed by atoms with Crippen LogP contribution < -0.4 is 0 Å². The number of ether oxygens (including phenoxy) is 2. The molecule has 0 fully saturated rings. The summed E-state index contributed by atoms with van der Waals surface area (Å²) in [7, 11) is -1.98. The molecule has 36 heavy (non-hydrogen) atoms. The third kappa shape index (κ3) is 11.8. The maximum absolute atomic E-state index is 13.5. The summed E-state index contributed by atoms with van der Waals surface area (Å²) in [5.41, 5.74) is 7.67. The van der Waals surface area contributed by atoms with Crippen LogP contribution in [0.3, 0.4) is 0 Å². The molecule has 0 aliphatic rings. The Balaban J connectivity index is 5.60. The van der Waals surface area contributed by atoms with Gasteiger partial charge in [-0.15, -0.1) is 0 Å². The third-order valence-corrected chi connectivity index (χ3v) is 12.3. The number of azide groups is 1. The van der Waals surface area contributed by atoms with Crippen LogP contribution in [-0.4, -0.2) is 69.2 Å². The van der Waals surface area contributed by atoms with Gasteiger partial charge in [-0.3, -0.25) is 13.9 Å². The maximum atomic E-state index is 13.5. The fourth-order valence-electron chi connectivity index (χ4n) is 3.42. The van der Waals surface area contributed by atoms with E-state index in [-0.39, 0.29) is 29.9 Å². The van der Waals surface area contributed by atoms with Gasteiger partial charge in [0.15, 0.2) is 0 Å². The first-order chi connectivity index (χ1) is 17.0. The van der Waals surface area contributed by atoms with Gasteiger partial charge in [0.2, 0.25) is 4.38 Å². The Labute approximate surface area is 223 Å².